The fourth-order valence-corrected chi connectivity index (χ4v) is 1.17. The lowest BCUT2D eigenvalue weighted by Gasteiger charge is -2.08. The maximum Gasteiger partial charge on any atom is 0.320 e. The summed E-state index contributed by atoms with van der Waals surface area (Å²) in [6, 6.07) is 1.40. The Balaban J connectivity index is 2.53. The molecule has 1 rings (SSSR count). The third-order valence-electron chi connectivity index (χ3n) is 2.06. The number of hydrogen-bond acceptors (Lipinski definition) is 3. The van der Waals surface area contributed by atoms with E-state index < -0.39 is 12.0 Å². The smallest absolute Gasteiger partial charge is 0.320 e. The molecule has 0 spiro atoms. The first-order valence-corrected chi connectivity index (χ1v) is 4.46. The Morgan fingerprint density at radius 3 is 2.86 bits per heavy atom. The second-order valence-corrected chi connectivity index (χ2v) is 3.34. The molecular weight excluding hydrogens is 182 g/mol. The maximum absolute atomic E-state index is 10.5. The third-order valence-corrected chi connectivity index (χ3v) is 2.06. The summed E-state index contributed by atoms with van der Waals surface area (Å²) in [4.78, 5) is 10.5. The van der Waals surface area contributed by atoms with Gasteiger partial charge in [-0.2, -0.15) is 5.10 Å². The highest BCUT2D eigenvalue weighted by Gasteiger charge is 2.10. The molecule has 0 saturated heterocycles. The molecule has 0 unspecified atom stereocenters. The zero-order valence-corrected chi connectivity index (χ0v) is 8.61. The van der Waals surface area contributed by atoms with Gasteiger partial charge in [0.25, 0.3) is 0 Å². The van der Waals surface area contributed by atoms with Gasteiger partial charge in [-0.25, -0.2) is 0 Å². The number of carbonyl (C=O) groups is 1. The van der Waals surface area contributed by atoms with E-state index in [1.165, 1.54) is 0 Å². The number of aromatic nitrogens is 2. The molecule has 5 nitrogen and oxygen atoms in total. The highest BCUT2D eigenvalue weighted by molar-refractivity contribution is 5.72. The number of nitrogens with one attached hydrogen (secondary N) is 1. The largest absolute Gasteiger partial charge is 0.480 e. The van der Waals surface area contributed by atoms with Crippen molar-refractivity contribution >= 4 is 5.97 Å². The molecule has 0 aromatic carbocycles. The van der Waals surface area contributed by atoms with Gasteiger partial charge in [0.1, 0.15) is 6.04 Å². The molecule has 0 aliphatic carbocycles. The Kier molecular flexibility index (Phi) is 3.24. The first-order chi connectivity index (χ1) is 6.50. The van der Waals surface area contributed by atoms with Crippen molar-refractivity contribution in [1.29, 1.82) is 0 Å². The van der Waals surface area contributed by atoms with Crippen LogP contribution in [0.15, 0.2) is 6.07 Å². The van der Waals surface area contributed by atoms with Gasteiger partial charge in [0, 0.05) is 13.6 Å². The van der Waals surface area contributed by atoms with Gasteiger partial charge < -0.3 is 5.11 Å². The molecule has 78 valence electrons. The summed E-state index contributed by atoms with van der Waals surface area (Å²) in [5, 5.41) is 15.7. The average Bonchev–Trinajstić information content (AvgIpc) is 2.40. The first kappa shape index (κ1) is 10.7. The van der Waals surface area contributed by atoms with Gasteiger partial charge in [-0.15, -0.1) is 0 Å². The summed E-state index contributed by atoms with van der Waals surface area (Å²) in [6.07, 6.45) is 0. The molecule has 1 aromatic rings. The maximum atomic E-state index is 10.5. The second-order valence-electron chi connectivity index (χ2n) is 3.34. The number of aliphatic carboxylic acids is 1. The Morgan fingerprint density at radius 1 is 1.79 bits per heavy atom. The fraction of sp³-hybridized carbons (Fsp3) is 0.556. The Bertz CT molecular complexity index is 333. The summed E-state index contributed by atoms with van der Waals surface area (Å²) in [5.41, 5.74) is 1.92. The zero-order chi connectivity index (χ0) is 10.7. The van der Waals surface area contributed by atoms with E-state index in [0.29, 0.717) is 6.54 Å². The van der Waals surface area contributed by atoms with Gasteiger partial charge in [-0.1, -0.05) is 0 Å². The monoisotopic (exact) mass is 197 g/mol. The summed E-state index contributed by atoms with van der Waals surface area (Å²) < 4.78 is 1.75. The van der Waals surface area contributed by atoms with Gasteiger partial charge in [-0.05, 0) is 19.9 Å². The molecular formula is C9H15N3O2. The molecule has 1 aromatic heterocycles. The summed E-state index contributed by atoms with van der Waals surface area (Å²) in [7, 11) is 1.84. The van der Waals surface area contributed by atoms with Crippen molar-refractivity contribution in [3.8, 4) is 0 Å². The topological polar surface area (TPSA) is 67.2 Å². The van der Waals surface area contributed by atoms with Gasteiger partial charge >= 0.3 is 5.97 Å². The van der Waals surface area contributed by atoms with E-state index in [2.05, 4.69) is 10.4 Å². The Morgan fingerprint density at radius 2 is 2.43 bits per heavy atom. The Labute approximate surface area is 82.7 Å². The molecule has 0 aliphatic heterocycles. The van der Waals surface area contributed by atoms with Gasteiger partial charge in [0.15, 0.2) is 0 Å². The van der Waals surface area contributed by atoms with Crippen LogP contribution in [0.2, 0.25) is 0 Å². The van der Waals surface area contributed by atoms with Crippen LogP contribution in [-0.2, 0) is 18.4 Å². The van der Waals surface area contributed by atoms with Crippen LogP contribution in [-0.4, -0.2) is 26.9 Å². The Hall–Kier alpha value is -1.36. The van der Waals surface area contributed by atoms with E-state index in [1.807, 2.05) is 20.0 Å². The summed E-state index contributed by atoms with van der Waals surface area (Å²) >= 11 is 0. The lowest BCUT2D eigenvalue weighted by Crippen LogP contribution is -2.33. The van der Waals surface area contributed by atoms with E-state index >= 15 is 0 Å². The van der Waals surface area contributed by atoms with Crippen LogP contribution in [0, 0.1) is 6.92 Å². The highest BCUT2D eigenvalue weighted by atomic mass is 16.4. The van der Waals surface area contributed by atoms with Crippen LogP contribution < -0.4 is 5.32 Å². The third kappa shape index (κ3) is 2.56. The lowest BCUT2D eigenvalue weighted by molar-refractivity contribution is -0.139. The lowest BCUT2D eigenvalue weighted by atomic mass is 10.3. The standard InChI is InChI=1S/C9H15N3O2/c1-6-4-8(12(3)11-6)5-10-7(2)9(13)14/h4,7,10H,5H2,1-3H3,(H,13,14)/t7-/m0/s1. The van der Waals surface area contributed by atoms with Crippen LogP contribution in [0.25, 0.3) is 0 Å². The van der Waals surface area contributed by atoms with Crippen LogP contribution in [0.3, 0.4) is 0 Å². The second kappa shape index (κ2) is 4.23. The fourth-order valence-electron chi connectivity index (χ4n) is 1.17. The molecule has 0 fully saturated rings. The summed E-state index contributed by atoms with van der Waals surface area (Å²) in [6.45, 7) is 4.04. The van der Waals surface area contributed by atoms with E-state index in [0.717, 1.165) is 11.4 Å². The average molecular weight is 197 g/mol. The van der Waals surface area contributed by atoms with Crippen LogP contribution in [0.1, 0.15) is 18.3 Å². The minimum atomic E-state index is -0.844. The minimum Gasteiger partial charge on any atom is -0.480 e. The number of nitrogens with zero attached hydrogens (tertiary/aromatic N) is 2. The predicted octanol–water partition coefficient (Wildman–Crippen LogP) is 0.291. The number of hydrogen-bond donors (Lipinski definition) is 2. The van der Waals surface area contributed by atoms with Crippen molar-refractivity contribution in [2.45, 2.75) is 26.4 Å². The molecule has 0 saturated carbocycles. The van der Waals surface area contributed by atoms with Crippen LogP contribution in [0.4, 0.5) is 0 Å². The number of carboxylic acid groups (broad SMARTS) is 1. The molecule has 0 bridgehead atoms. The van der Waals surface area contributed by atoms with Crippen molar-refractivity contribution in [1.82, 2.24) is 15.1 Å². The molecule has 5 heteroatoms. The van der Waals surface area contributed by atoms with Gasteiger partial charge in [0.05, 0.1) is 11.4 Å². The SMILES string of the molecule is Cc1cc(CN[C@@H](C)C(=O)O)n(C)n1. The molecule has 1 heterocycles. The zero-order valence-electron chi connectivity index (χ0n) is 8.61. The van der Waals surface area contributed by atoms with Crippen LogP contribution >= 0.6 is 0 Å². The van der Waals surface area contributed by atoms with E-state index in [-0.39, 0.29) is 0 Å². The molecule has 1 atom stereocenters. The van der Waals surface area contributed by atoms with Crippen molar-refractivity contribution in [2.24, 2.45) is 7.05 Å². The molecule has 0 radical (unpaired) electrons. The molecule has 2 N–H and O–H groups in total. The van der Waals surface area contributed by atoms with E-state index in [1.54, 1.807) is 11.6 Å². The van der Waals surface area contributed by atoms with E-state index in [9.17, 15) is 4.79 Å². The number of aryl methyl sites for hydroxylation is 2. The number of rotatable bonds is 4. The van der Waals surface area contributed by atoms with Gasteiger partial charge in [0.2, 0.25) is 0 Å². The molecule has 14 heavy (non-hydrogen) atoms. The van der Waals surface area contributed by atoms with Crippen molar-refractivity contribution in [3.05, 3.63) is 17.5 Å². The van der Waals surface area contributed by atoms with Crippen molar-refractivity contribution in [3.63, 3.8) is 0 Å². The van der Waals surface area contributed by atoms with Gasteiger partial charge in [-0.3, -0.25) is 14.8 Å². The summed E-state index contributed by atoms with van der Waals surface area (Å²) in [5.74, 6) is -0.844. The highest BCUT2D eigenvalue weighted by Crippen LogP contribution is 2.01. The van der Waals surface area contributed by atoms with E-state index in [4.69, 9.17) is 5.11 Å². The normalized spacial score (nSPS) is 12.8. The predicted molar refractivity (Wildman–Crippen MR) is 51.9 cm³/mol. The van der Waals surface area contributed by atoms with Crippen LogP contribution in [0.5, 0.6) is 0 Å². The quantitative estimate of drug-likeness (QED) is 0.728. The number of carboxylic acids is 1. The van der Waals surface area contributed by atoms with Crippen molar-refractivity contribution < 1.29 is 9.90 Å². The first-order valence-electron chi connectivity index (χ1n) is 4.46. The van der Waals surface area contributed by atoms with Crippen molar-refractivity contribution in [2.75, 3.05) is 0 Å². The molecule has 0 aliphatic rings. The minimum absolute atomic E-state index is 0.519. The molecule has 0 amide bonds.